The van der Waals surface area contributed by atoms with Crippen molar-refractivity contribution in [2.45, 2.75) is 31.5 Å². The molecule has 2 atom stereocenters. The largest absolute Gasteiger partial charge is 0.493 e. The summed E-state index contributed by atoms with van der Waals surface area (Å²) in [5.74, 6) is 1.21. The van der Waals surface area contributed by atoms with Gasteiger partial charge in [-0.25, -0.2) is 0 Å². The van der Waals surface area contributed by atoms with Crippen LogP contribution in [-0.2, 0) is 0 Å². The van der Waals surface area contributed by atoms with Crippen molar-refractivity contribution in [1.82, 2.24) is 10.2 Å². The summed E-state index contributed by atoms with van der Waals surface area (Å²) in [6, 6.07) is 8.25. The number of benzene rings is 1. The zero-order valence-corrected chi connectivity index (χ0v) is 13.1. The van der Waals surface area contributed by atoms with Crippen LogP contribution >= 0.6 is 0 Å². The Balaban J connectivity index is 1.53. The van der Waals surface area contributed by atoms with Crippen LogP contribution in [0.25, 0.3) is 0 Å². The van der Waals surface area contributed by atoms with Gasteiger partial charge in [-0.15, -0.1) is 0 Å². The molecular weight excluding hydrogens is 305 g/mol. The lowest BCUT2D eigenvalue weighted by Gasteiger charge is -2.21. The number of hydrogen-bond donors (Lipinski definition) is 1. The number of fused-ring (bicyclic) bond motifs is 1. The standard InChI is InChI=1S/C17H23F3N2O/c18-17(19,20)12-22-8-7-13(11-22)10-21-15-5-3-9-23-16-6-2-1-4-14(15)16/h1-2,4,6,13,15,21H,3,5,7-12H2/t13-,15-/m0/s1. The fourth-order valence-electron chi connectivity index (χ4n) is 3.52. The molecule has 0 aromatic heterocycles. The van der Waals surface area contributed by atoms with E-state index in [1.54, 1.807) is 0 Å². The zero-order chi connectivity index (χ0) is 16.3. The third kappa shape index (κ3) is 4.61. The van der Waals surface area contributed by atoms with E-state index >= 15 is 0 Å². The Morgan fingerprint density at radius 3 is 2.87 bits per heavy atom. The molecule has 2 aliphatic heterocycles. The van der Waals surface area contributed by atoms with E-state index in [9.17, 15) is 13.2 Å². The smallest absolute Gasteiger partial charge is 0.401 e. The molecule has 1 saturated heterocycles. The first kappa shape index (κ1) is 16.6. The van der Waals surface area contributed by atoms with E-state index in [4.69, 9.17) is 4.74 Å². The number of hydrogen-bond acceptors (Lipinski definition) is 3. The third-order valence-corrected chi connectivity index (χ3v) is 4.61. The second kappa shape index (κ2) is 7.09. The van der Waals surface area contributed by atoms with E-state index in [2.05, 4.69) is 11.4 Å². The summed E-state index contributed by atoms with van der Waals surface area (Å²) in [5, 5.41) is 3.56. The molecule has 0 aliphatic carbocycles. The summed E-state index contributed by atoms with van der Waals surface area (Å²) in [4.78, 5) is 1.51. The fourth-order valence-corrected chi connectivity index (χ4v) is 3.52. The summed E-state index contributed by atoms with van der Waals surface area (Å²) >= 11 is 0. The quantitative estimate of drug-likeness (QED) is 0.917. The number of para-hydroxylation sites is 1. The van der Waals surface area contributed by atoms with Crippen molar-refractivity contribution in [3.63, 3.8) is 0 Å². The second-order valence-electron chi connectivity index (χ2n) is 6.49. The molecule has 2 aliphatic rings. The summed E-state index contributed by atoms with van der Waals surface area (Å²) < 4.78 is 43.1. The molecule has 1 aromatic rings. The summed E-state index contributed by atoms with van der Waals surface area (Å²) in [5.41, 5.74) is 1.16. The molecule has 128 valence electrons. The van der Waals surface area contributed by atoms with Crippen molar-refractivity contribution in [1.29, 1.82) is 0 Å². The highest BCUT2D eigenvalue weighted by Gasteiger charge is 2.34. The average molecular weight is 328 g/mol. The highest BCUT2D eigenvalue weighted by molar-refractivity contribution is 5.36. The Bertz CT molecular complexity index is 521. The van der Waals surface area contributed by atoms with Gasteiger partial charge in [0.1, 0.15) is 5.75 Å². The van der Waals surface area contributed by atoms with Gasteiger partial charge in [0.2, 0.25) is 0 Å². The Morgan fingerprint density at radius 2 is 2.04 bits per heavy atom. The summed E-state index contributed by atoms with van der Waals surface area (Å²) in [6.07, 6.45) is -1.29. The molecule has 1 fully saturated rings. The molecule has 2 heterocycles. The first-order chi connectivity index (χ1) is 11.0. The number of nitrogens with zero attached hydrogens (tertiary/aromatic N) is 1. The number of alkyl halides is 3. The van der Waals surface area contributed by atoms with Gasteiger partial charge in [0, 0.05) is 18.2 Å². The van der Waals surface area contributed by atoms with Crippen LogP contribution in [0.15, 0.2) is 24.3 Å². The van der Waals surface area contributed by atoms with Gasteiger partial charge in [0.25, 0.3) is 0 Å². The highest BCUT2D eigenvalue weighted by atomic mass is 19.4. The first-order valence-electron chi connectivity index (χ1n) is 8.25. The third-order valence-electron chi connectivity index (χ3n) is 4.61. The fraction of sp³-hybridized carbons (Fsp3) is 0.647. The van der Waals surface area contributed by atoms with Gasteiger partial charge in [-0.1, -0.05) is 18.2 Å². The van der Waals surface area contributed by atoms with E-state index in [0.717, 1.165) is 43.7 Å². The van der Waals surface area contributed by atoms with Gasteiger partial charge in [-0.3, -0.25) is 4.90 Å². The number of halogens is 3. The van der Waals surface area contributed by atoms with Crippen molar-refractivity contribution >= 4 is 0 Å². The molecule has 0 unspecified atom stereocenters. The predicted octanol–water partition coefficient (Wildman–Crippen LogP) is 3.37. The van der Waals surface area contributed by atoms with E-state index in [1.807, 2.05) is 18.2 Å². The number of likely N-dealkylation sites (tertiary alicyclic amines) is 1. The predicted molar refractivity (Wildman–Crippen MR) is 82.5 cm³/mol. The topological polar surface area (TPSA) is 24.5 Å². The SMILES string of the molecule is FC(F)(F)CN1CC[C@@H](CN[C@H]2CCCOc3ccccc32)C1. The molecule has 0 bridgehead atoms. The van der Waals surface area contributed by atoms with Gasteiger partial charge in [0.05, 0.1) is 13.2 Å². The lowest BCUT2D eigenvalue weighted by atomic mass is 10.0. The van der Waals surface area contributed by atoms with Crippen LogP contribution in [0.1, 0.15) is 30.9 Å². The number of rotatable bonds is 4. The lowest BCUT2D eigenvalue weighted by Crippen LogP contribution is -2.34. The van der Waals surface area contributed by atoms with Crippen molar-refractivity contribution < 1.29 is 17.9 Å². The van der Waals surface area contributed by atoms with Crippen molar-refractivity contribution in [2.75, 3.05) is 32.8 Å². The Kier molecular flexibility index (Phi) is 5.11. The van der Waals surface area contributed by atoms with Crippen LogP contribution in [0.5, 0.6) is 5.75 Å². The van der Waals surface area contributed by atoms with Crippen LogP contribution in [-0.4, -0.2) is 43.9 Å². The van der Waals surface area contributed by atoms with Crippen LogP contribution in [0.3, 0.4) is 0 Å². The van der Waals surface area contributed by atoms with Gasteiger partial charge in [-0.2, -0.15) is 13.2 Å². The summed E-state index contributed by atoms with van der Waals surface area (Å²) in [7, 11) is 0. The molecule has 0 radical (unpaired) electrons. The van der Waals surface area contributed by atoms with E-state index in [1.165, 1.54) is 4.90 Å². The van der Waals surface area contributed by atoms with E-state index in [-0.39, 0.29) is 12.0 Å². The minimum atomic E-state index is -4.10. The Labute approximate surface area is 134 Å². The number of nitrogens with one attached hydrogen (secondary N) is 1. The molecular formula is C17H23F3N2O. The van der Waals surface area contributed by atoms with Crippen molar-refractivity contribution in [3.05, 3.63) is 29.8 Å². The Morgan fingerprint density at radius 1 is 1.22 bits per heavy atom. The second-order valence-corrected chi connectivity index (χ2v) is 6.49. The molecule has 1 aromatic carbocycles. The molecule has 3 rings (SSSR count). The maximum atomic E-state index is 12.5. The average Bonchev–Trinajstić information content (AvgIpc) is 2.81. The van der Waals surface area contributed by atoms with Crippen LogP contribution < -0.4 is 10.1 Å². The van der Waals surface area contributed by atoms with Crippen LogP contribution in [0, 0.1) is 5.92 Å². The van der Waals surface area contributed by atoms with Gasteiger partial charge < -0.3 is 10.1 Å². The molecule has 1 N–H and O–H groups in total. The lowest BCUT2D eigenvalue weighted by molar-refractivity contribution is -0.143. The normalized spacial score (nSPS) is 25.7. The minimum absolute atomic E-state index is 0.227. The van der Waals surface area contributed by atoms with Gasteiger partial charge in [-0.05, 0) is 44.3 Å². The molecule has 0 spiro atoms. The Hall–Kier alpha value is -1.27. The van der Waals surface area contributed by atoms with Crippen molar-refractivity contribution in [3.8, 4) is 5.75 Å². The van der Waals surface area contributed by atoms with Crippen LogP contribution in [0.2, 0.25) is 0 Å². The molecule has 6 heteroatoms. The zero-order valence-electron chi connectivity index (χ0n) is 13.1. The molecule has 0 amide bonds. The van der Waals surface area contributed by atoms with Crippen molar-refractivity contribution in [2.24, 2.45) is 5.92 Å². The summed E-state index contributed by atoms with van der Waals surface area (Å²) in [6.45, 7) is 1.75. The molecule has 3 nitrogen and oxygen atoms in total. The minimum Gasteiger partial charge on any atom is -0.493 e. The maximum absolute atomic E-state index is 12.5. The first-order valence-corrected chi connectivity index (χ1v) is 8.25. The molecule has 23 heavy (non-hydrogen) atoms. The van der Waals surface area contributed by atoms with Gasteiger partial charge >= 0.3 is 6.18 Å². The van der Waals surface area contributed by atoms with Gasteiger partial charge in [0.15, 0.2) is 0 Å². The monoisotopic (exact) mass is 328 g/mol. The molecule has 0 saturated carbocycles. The van der Waals surface area contributed by atoms with E-state index in [0.29, 0.717) is 13.1 Å². The van der Waals surface area contributed by atoms with E-state index < -0.39 is 12.7 Å². The maximum Gasteiger partial charge on any atom is 0.401 e. The number of ether oxygens (including phenoxy) is 1. The highest BCUT2D eigenvalue weighted by Crippen LogP contribution is 2.31. The van der Waals surface area contributed by atoms with Crippen LogP contribution in [0.4, 0.5) is 13.2 Å².